The van der Waals surface area contributed by atoms with Gasteiger partial charge < -0.3 is 5.11 Å². The number of aliphatic hydroxyl groups is 1. The molecule has 1 unspecified atom stereocenters. The van der Waals surface area contributed by atoms with E-state index < -0.39 is 5.60 Å². The van der Waals surface area contributed by atoms with Crippen molar-refractivity contribution in [1.82, 2.24) is 0 Å². The molecule has 2 nitrogen and oxygen atoms in total. The third kappa shape index (κ3) is 1.33. The van der Waals surface area contributed by atoms with Crippen molar-refractivity contribution in [2.24, 2.45) is 5.41 Å². The summed E-state index contributed by atoms with van der Waals surface area (Å²) in [6, 6.07) is 0. The first-order valence-corrected chi connectivity index (χ1v) is 6.91. The average molecular weight is 256 g/mol. The van der Waals surface area contributed by atoms with Crippen LogP contribution in [-0.4, -0.2) is 16.5 Å². The van der Waals surface area contributed by atoms with Crippen LogP contribution in [0.4, 0.5) is 0 Å². The molecule has 0 aromatic carbocycles. The lowest BCUT2D eigenvalue weighted by Gasteiger charge is -2.39. The Bertz CT molecular complexity index is 605. The average Bonchev–Trinajstić information content (AvgIpc) is 3.10. The number of hydrogen-bond donors (Lipinski definition) is 1. The van der Waals surface area contributed by atoms with Gasteiger partial charge in [-0.2, -0.15) is 0 Å². The van der Waals surface area contributed by atoms with Crippen LogP contribution in [0, 0.1) is 5.41 Å². The van der Waals surface area contributed by atoms with Crippen molar-refractivity contribution < 1.29 is 9.90 Å². The first kappa shape index (κ1) is 12.6. The Kier molecular flexibility index (Phi) is 2.37. The Balaban J connectivity index is 2.27. The number of carbonyl (C=O) groups excluding carboxylic acids is 1. The first-order valence-electron chi connectivity index (χ1n) is 6.91. The summed E-state index contributed by atoms with van der Waals surface area (Å²) in [7, 11) is 0. The smallest absolute Gasteiger partial charge is 0.195 e. The summed E-state index contributed by atoms with van der Waals surface area (Å²) >= 11 is 0. The second-order valence-electron chi connectivity index (χ2n) is 6.14. The lowest BCUT2D eigenvalue weighted by atomic mass is 9.67. The zero-order chi connectivity index (χ0) is 14.0. The molecule has 2 heteroatoms. The van der Waals surface area contributed by atoms with Crippen molar-refractivity contribution in [1.29, 1.82) is 0 Å². The molecule has 3 aliphatic rings. The molecule has 0 aromatic rings. The molecule has 3 rings (SSSR count). The molecule has 100 valence electrons. The summed E-state index contributed by atoms with van der Waals surface area (Å²) in [5, 5.41) is 10.7. The summed E-state index contributed by atoms with van der Waals surface area (Å²) in [4.78, 5) is 12.6. The molecular formula is C17H20O2. The van der Waals surface area contributed by atoms with Crippen molar-refractivity contribution in [3.8, 4) is 0 Å². The molecule has 0 bridgehead atoms. The van der Waals surface area contributed by atoms with Gasteiger partial charge in [0.2, 0.25) is 0 Å². The van der Waals surface area contributed by atoms with Crippen molar-refractivity contribution in [3.63, 3.8) is 0 Å². The molecule has 0 radical (unpaired) electrons. The SMILES string of the molecule is CC=CC1=C(C)C=C2C(=O)C(C)(O)C3(CC3)C(C)=C21. The highest BCUT2D eigenvalue weighted by atomic mass is 16.3. The molecule has 1 fully saturated rings. The van der Waals surface area contributed by atoms with E-state index in [1.165, 1.54) is 5.57 Å². The molecule has 1 spiro atoms. The van der Waals surface area contributed by atoms with Gasteiger partial charge in [-0.3, -0.25) is 4.79 Å². The van der Waals surface area contributed by atoms with E-state index >= 15 is 0 Å². The molecule has 0 aliphatic heterocycles. The molecule has 1 N–H and O–H groups in total. The standard InChI is InChI=1S/C17H20O2/c1-5-6-12-10(2)9-13-14(12)11(3)17(7-8-17)16(4,19)15(13)18/h5-6,9,19H,7-8H2,1-4H3. The maximum Gasteiger partial charge on any atom is 0.195 e. The molecule has 1 saturated carbocycles. The Hall–Kier alpha value is -1.41. The highest BCUT2D eigenvalue weighted by molar-refractivity contribution is 6.11. The van der Waals surface area contributed by atoms with Crippen LogP contribution in [0.25, 0.3) is 0 Å². The van der Waals surface area contributed by atoms with Crippen LogP contribution in [0.2, 0.25) is 0 Å². The van der Waals surface area contributed by atoms with Crippen molar-refractivity contribution in [2.45, 2.75) is 46.1 Å². The molecule has 1 atom stereocenters. The lowest BCUT2D eigenvalue weighted by molar-refractivity contribution is -0.137. The minimum absolute atomic E-state index is 0.107. The minimum atomic E-state index is -1.24. The van der Waals surface area contributed by atoms with Crippen LogP contribution in [0.3, 0.4) is 0 Å². The molecule has 0 amide bonds. The molecule has 0 heterocycles. The van der Waals surface area contributed by atoms with Crippen LogP contribution >= 0.6 is 0 Å². The van der Waals surface area contributed by atoms with Crippen molar-refractivity contribution in [2.75, 3.05) is 0 Å². The zero-order valence-corrected chi connectivity index (χ0v) is 12.0. The maximum absolute atomic E-state index is 12.6. The van der Waals surface area contributed by atoms with Crippen LogP contribution in [0.5, 0.6) is 0 Å². The molecule has 0 saturated heterocycles. The van der Waals surface area contributed by atoms with Crippen LogP contribution in [-0.2, 0) is 4.79 Å². The van der Waals surface area contributed by atoms with Gasteiger partial charge in [-0.15, -0.1) is 0 Å². The minimum Gasteiger partial charge on any atom is -0.381 e. The van der Waals surface area contributed by atoms with Gasteiger partial charge in [0.1, 0.15) is 5.60 Å². The Morgan fingerprint density at radius 3 is 2.47 bits per heavy atom. The number of ketones is 1. The van der Waals surface area contributed by atoms with E-state index in [0.717, 1.165) is 29.6 Å². The normalized spacial score (nSPS) is 32.5. The molecule has 0 aromatic heterocycles. The lowest BCUT2D eigenvalue weighted by Crippen LogP contribution is -2.49. The van der Waals surface area contributed by atoms with E-state index in [1.54, 1.807) is 6.92 Å². The van der Waals surface area contributed by atoms with E-state index in [2.05, 4.69) is 13.0 Å². The van der Waals surface area contributed by atoms with E-state index in [-0.39, 0.29) is 11.2 Å². The van der Waals surface area contributed by atoms with Crippen LogP contribution < -0.4 is 0 Å². The predicted molar refractivity (Wildman–Crippen MR) is 75.6 cm³/mol. The molecular weight excluding hydrogens is 236 g/mol. The number of rotatable bonds is 1. The number of allylic oxidation sites excluding steroid dienone is 6. The monoisotopic (exact) mass is 256 g/mol. The first-order chi connectivity index (χ1) is 8.87. The quantitative estimate of drug-likeness (QED) is 0.782. The highest BCUT2D eigenvalue weighted by Crippen LogP contribution is 2.64. The Labute approximate surface area is 114 Å². The van der Waals surface area contributed by atoms with Gasteiger partial charge >= 0.3 is 0 Å². The fourth-order valence-corrected chi connectivity index (χ4v) is 3.74. The van der Waals surface area contributed by atoms with E-state index in [4.69, 9.17) is 0 Å². The summed E-state index contributed by atoms with van der Waals surface area (Å²) in [5.74, 6) is -0.107. The van der Waals surface area contributed by atoms with Gasteiger partial charge in [0.15, 0.2) is 5.78 Å². The third-order valence-corrected chi connectivity index (χ3v) is 5.12. The summed E-state index contributed by atoms with van der Waals surface area (Å²) in [6.45, 7) is 7.79. The summed E-state index contributed by atoms with van der Waals surface area (Å²) < 4.78 is 0. The highest BCUT2D eigenvalue weighted by Gasteiger charge is 2.64. The van der Waals surface area contributed by atoms with E-state index in [9.17, 15) is 9.90 Å². The van der Waals surface area contributed by atoms with Crippen molar-refractivity contribution >= 4 is 5.78 Å². The maximum atomic E-state index is 12.6. The predicted octanol–water partition coefficient (Wildman–Crippen LogP) is 3.25. The van der Waals surface area contributed by atoms with Gasteiger partial charge in [0.25, 0.3) is 0 Å². The largest absolute Gasteiger partial charge is 0.381 e. The van der Waals surface area contributed by atoms with Crippen molar-refractivity contribution in [3.05, 3.63) is 46.1 Å². The number of hydrogen-bond acceptors (Lipinski definition) is 2. The second-order valence-corrected chi connectivity index (χ2v) is 6.14. The summed E-state index contributed by atoms with van der Waals surface area (Å²) in [5.41, 5.74) is 3.67. The Morgan fingerprint density at radius 1 is 1.32 bits per heavy atom. The van der Waals surface area contributed by atoms with Gasteiger partial charge in [0, 0.05) is 11.0 Å². The number of carbonyl (C=O) groups is 1. The van der Waals surface area contributed by atoms with Crippen LogP contribution in [0.1, 0.15) is 40.5 Å². The van der Waals surface area contributed by atoms with Gasteiger partial charge in [0.05, 0.1) is 0 Å². The molecule has 19 heavy (non-hydrogen) atoms. The molecule has 3 aliphatic carbocycles. The van der Waals surface area contributed by atoms with Gasteiger partial charge in [-0.25, -0.2) is 0 Å². The number of Topliss-reactive ketones (excluding diaryl/α,β-unsaturated/α-hetero) is 1. The topological polar surface area (TPSA) is 37.3 Å². The second kappa shape index (κ2) is 3.57. The number of fused-ring (bicyclic) bond motifs is 1. The van der Waals surface area contributed by atoms with Gasteiger partial charge in [-0.1, -0.05) is 17.7 Å². The van der Waals surface area contributed by atoms with Crippen LogP contribution in [0.15, 0.2) is 46.1 Å². The van der Waals surface area contributed by atoms with E-state index in [1.807, 2.05) is 26.0 Å². The third-order valence-electron chi connectivity index (χ3n) is 5.12. The Morgan fingerprint density at radius 2 is 1.95 bits per heavy atom. The zero-order valence-electron chi connectivity index (χ0n) is 12.0. The fraction of sp³-hybridized carbons (Fsp3) is 0.471. The van der Waals surface area contributed by atoms with E-state index in [0.29, 0.717) is 5.57 Å². The summed E-state index contributed by atoms with van der Waals surface area (Å²) in [6.07, 6.45) is 7.83. The fourth-order valence-electron chi connectivity index (χ4n) is 3.74. The van der Waals surface area contributed by atoms with Gasteiger partial charge in [-0.05, 0) is 63.3 Å².